The molecule has 3 N–H and O–H groups in total. The number of hydrogen-bond donors (Lipinski definition) is 2. The van der Waals surface area contributed by atoms with E-state index >= 15 is 0 Å². The third-order valence-corrected chi connectivity index (χ3v) is 4.23. The zero-order valence-corrected chi connectivity index (χ0v) is 12.6. The quantitative estimate of drug-likeness (QED) is 0.756. The zero-order chi connectivity index (χ0) is 18.5. The Morgan fingerprint density at radius 2 is 1.92 bits per heavy atom. The van der Waals surface area contributed by atoms with Gasteiger partial charge in [-0.1, -0.05) is 0 Å². The molecule has 1 aromatic carbocycles. The molecule has 10 heteroatoms. The Labute approximate surface area is 138 Å². The highest BCUT2D eigenvalue weighted by Gasteiger charge is 2.42. The van der Waals surface area contributed by atoms with Crippen molar-refractivity contribution in [1.82, 2.24) is 10.2 Å². The van der Waals surface area contributed by atoms with Crippen molar-refractivity contribution in [3.8, 4) is 0 Å². The molecular weight excluding hydrogens is 343 g/mol. The van der Waals surface area contributed by atoms with Crippen LogP contribution in [0.15, 0.2) is 12.1 Å². The minimum absolute atomic E-state index is 0.0247. The number of amides is 4. The van der Waals surface area contributed by atoms with Gasteiger partial charge in [0, 0.05) is 18.5 Å². The topological polar surface area (TPSA) is 110 Å². The molecule has 1 fully saturated rings. The lowest BCUT2D eigenvalue weighted by molar-refractivity contribution is -0.138. The van der Waals surface area contributed by atoms with E-state index in [0.717, 1.165) is 11.0 Å². The molecule has 0 aromatic heterocycles. The SMILES string of the molecule is NC(=O)c1cc2c(cc1C(F)(F)F)C(=O)N(C1CCC(=O)NC1=O)C2. The summed E-state index contributed by atoms with van der Waals surface area (Å²) in [7, 11) is 0. The van der Waals surface area contributed by atoms with E-state index in [9.17, 15) is 32.3 Å². The second kappa shape index (κ2) is 5.57. The van der Waals surface area contributed by atoms with Gasteiger partial charge in [-0.2, -0.15) is 13.2 Å². The van der Waals surface area contributed by atoms with Crippen molar-refractivity contribution in [2.24, 2.45) is 5.73 Å². The molecule has 0 aliphatic carbocycles. The number of nitrogens with one attached hydrogen (secondary N) is 1. The van der Waals surface area contributed by atoms with Crippen LogP contribution in [0.25, 0.3) is 0 Å². The standard InChI is InChI=1S/C15H12F3N3O4/c16-15(17,18)9-4-7-6(3-8(9)12(19)23)5-21(14(7)25)10-1-2-11(22)20-13(10)24/h3-4,10H,1-2,5H2,(H2,19,23)(H,20,22,24). The molecule has 3 rings (SSSR count). The van der Waals surface area contributed by atoms with E-state index < -0.39 is 47.0 Å². The van der Waals surface area contributed by atoms with Gasteiger partial charge < -0.3 is 10.6 Å². The van der Waals surface area contributed by atoms with Crippen molar-refractivity contribution in [3.63, 3.8) is 0 Å². The van der Waals surface area contributed by atoms with E-state index in [4.69, 9.17) is 5.73 Å². The highest BCUT2D eigenvalue weighted by Crippen LogP contribution is 2.37. The van der Waals surface area contributed by atoms with Crippen LogP contribution in [0.4, 0.5) is 13.2 Å². The van der Waals surface area contributed by atoms with Crippen LogP contribution in [0.1, 0.15) is 44.7 Å². The van der Waals surface area contributed by atoms with E-state index in [1.807, 2.05) is 0 Å². The first-order valence-corrected chi connectivity index (χ1v) is 7.28. The van der Waals surface area contributed by atoms with E-state index in [1.54, 1.807) is 0 Å². The molecule has 0 bridgehead atoms. The van der Waals surface area contributed by atoms with Gasteiger partial charge in [-0.25, -0.2) is 0 Å². The number of carbonyl (C=O) groups is 4. The van der Waals surface area contributed by atoms with Crippen molar-refractivity contribution in [2.75, 3.05) is 0 Å². The van der Waals surface area contributed by atoms with Crippen LogP contribution >= 0.6 is 0 Å². The molecule has 2 heterocycles. The lowest BCUT2D eigenvalue weighted by atomic mass is 9.99. The predicted molar refractivity (Wildman–Crippen MR) is 76.0 cm³/mol. The number of fused-ring (bicyclic) bond motifs is 1. The van der Waals surface area contributed by atoms with Crippen molar-refractivity contribution in [2.45, 2.75) is 31.6 Å². The summed E-state index contributed by atoms with van der Waals surface area (Å²) in [4.78, 5) is 48.0. The van der Waals surface area contributed by atoms with Crippen LogP contribution in [-0.4, -0.2) is 34.6 Å². The molecule has 1 saturated heterocycles. The third kappa shape index (κ3) is 2.83. The molecule has 1 atom stereocenters. The molecule has 25 heavy (non-hydrogen) atoms. The fourth-order valence-corrected chi connectivity index (χ4v) is 3.05. The monoisotopic (exact) mass is 355 g/mol. The molecule has 2 aliphatic rings. The molecule has 0 spiro atoms. The van der Waals surface area contributed by atoms with Gasteiger partial charge in [0.15, 0.2) is 0 Å². The number of nitrogens with zero attached hydrogens (tertiary/aromatic N) is 1. The minimum atomic E-state index is -4.86. The van der Waals surface area contributed by atoms with Crippen molar-refractivity contribution >= 4 is 23.6 Å². The van der Waals surface area contributed by atoms with E-state index in [2.05, 4.69) is 5.32 Å². The molecule has 1 aromatic rings. The number of halogens is 3. The second-order valence-corrected chi connectivity index (χ2v) is 5.82. The summed E-state index contributed by atoms with van der Waals surface area (Å²) < 4.78 is 39.4. The summed E-state index contributed by atoms with van der Waals surface area (Å²) in [6.07, 6.45) is -4.75. The summed E-state index contributed by atoms with van der Waals surface area (Å²) in [6, 6.07) is 0.567. The van der Waals surface area contributed by atoms with Crippen LogP contribution in [0.5, 0.6) is 0 Å². The number of carbonyl (C=O) groups excluding carboxylic acids is 4. The van der Waals surface area contributed by atoms with Gasteiger partial charge in [0.2, 0.25) is 17.7 Å². The molecule has 1 unspecified atom stereocenters. The van der Waals surface area contributed by atoms with Gasteiger partial charge >= 0.3 is 6.18 Å². The number of benzene rings is 1. The highest BCUT2D eigenvalue weighted by molar-refractivity contribution is 6.06. The fourth-order valence-electron chi connectivity index (χ4n) is 3.05. The Morgan fingerprint density at radius 1 is 1.24 bits per heavy atom. The maximum Gasteiger partial charge on any atom is 0.417 e. The number of hydrogen-bond acceptors (Lipinski definition) is 4. The Bertz CT molecular complexity index is 819. The number of primary amides is 1. The summed E-state index contributed by atoms with van der Waals surface area (Å²) in [5.41, 5.74) is 2.93. The van der Waals surface area contributed by atoms with E-state index in [0.29, 0.717) is 6.07 Å². The maximum absolute atomic E-state index is 13.1. The maximum atomic E-state index is 13.1. The van der Waals surface area contributed by atoms with Crippen molar-refractivity contribution in [1.29, 1.82) is 0 Å². The largest absolute Gasteiger partial charge is 0.417 e. The van der Waals surface area contributed by atoms with Gasteiger partial charge in [-0.15, -0.1) is 0 Å². The number of rotatable bonds is 2. The first kappa shape index (κ1) is 16.9. The van der Waals surface area contributed by atoms with Gasteiger partial charge in [-0.3, -0.25) is 24.5 Å². The summed E-state index contributed by atoms with van der Waals surface area (Å²) in [6.45, 7) is -0.140. The third-order valence-electron chi connectivity index (χ3n) is 4.23. The zero-order valence-electron chi connectivity index (χ0n) is 12.6. The Kier molecular flexibility index (Phi) is 3.77. The molecule has 132 valence electrons. The average Bonchev–Trinajstić information content (AvgIpc) is 2.81. The molecule has 2 aliphatic heterocycles. The first-order chi connectivity index (χ1) is 11.6. The minimum Gasteiger partial charge on any atom is -0.366 e. The lowest BCUT2D eigenvalue weighted by Gasteiger charge is -2.29. The van der Waals surface area contributed by atoms with Gasteiger partial charge in [0.25, 0.3) is 5.91 Å². The molecular formula is C15H12F3N3O4. The Balaban J connectivity index is 2.00. The van der Waals surface area contributed by atoms with Gasteiger partial charge in [-0.05, 0) is 24.1 Å². The second-order valence-electron chi connectivity index (χ2n) is 5.82. The summed E-state index contributed by atoms with van der Waals surface area (Å²) in [5, 5.41) is 2.09. The van der Waals surface area contributed by atoms with Crippen LogP contribution in [0.3, 0.4) is 0 Å². The van der Waals surface area contributed by atoms with Crippen LogP contribution < -0.4 is 11.1 Å². The molecule has 0 radical (unpaired) electrons. The molecule has 0 saturated carbocycles. The lowest BCUT2D eigenvalue weighted by Crippen LogP contribution is -2.52. The normalized spacial score (nSPS) is 20.5. The smallest absolute Gasteiger partial charge is 0.366 e. The Morgan fingerprint density at radius 3 is 2.48 bits per heavy atom. The van der Waals surface area contributed by atoms with Crippen molar-refractivity contribution < 1.29 is 32.3 Å². The fraction of sp³-hybridized carbons (Fsp3) is 0.333. The predicted octanol–water partition coefficient (Wildman–Crippen LogP) is 0.565. The summed E-state index contributed by atoms with van der Waals surface area (Å²) >= 11 is 0. The number of nitrogens with two attached hydrogens (primary N) is 1. The number of alkyl halides is 3. The van der Waals surface area contributed by atoms with E-state index in [1.165, 1.54) is 0 Å². The van der Waals surface area contributed by atoms with Gasteiger partial charge in [0.05, 0.1) is 11.1 Å². The van der Waals surface area contributed by atoms with E-state index in [-0.39, 0.29) is 30.5 Å². The summed E-state index contributed by atoms with van der Waals surface area (Å²) in [5.74, 6) is -3.17. The Hall–Kier alpha value is -2.91. The number of imide groups is 1. The first-order valence-electron chi connectivity index (χ1n) is 7.28. The van der Waals surface area contributed by atoms with Crippen molar-refractivity contribution in [3.05, 3.63) is 34.4 Å². The van der Waals surface area contributed by atoms with Crippen LogP contribution in [0, 0.1) is 0 Å². The van der Waals surface area contributed by atoms with Gasteiger partial charge in [0.1, 0.15) is 6.04 Å². The number of piperidine rings is 1. The molecule has 7 nitrogen and oxygen atoms in total. The average molecular weight is 355 g/mol. The molecule has 4 amide bonds. The highest BCUT2D eigenvalue weighted by atomic mass is 19.4. The van der Waals surface area contributed by atoms with Crippen LogP contribution in [0.2, 0.25) is 0 Å². The van der Waals surface area contributed by atoms with Crippen LogP contribution in [-0.2, 0) is 22.3 Å².